The fraction of sp³-hybridized carbons (Fsp3) is 0.462. The van der Waals surface area contributed by atoms with Gasteiger partial charge in [0.05, 0.1) is 13.0 Å². The third-order valence-electron chi connectivity index (χ3n) is 3.29. The molecule has 0 saturated carbocycles. The van der Waals surface area contributed by atoms with Crippen molar-refractivity contribution in [2.24, 2.45) is 5.92 Å². The molecular weight excluding hydrogens is 238 g/mol. The van der Waals surface area contributed by atoms with E-state index in [2.05, 4.69) is 5.32 Å². The van der Waals surface area contributed by atoms with Gasteiger partial charge in [-0.25, -0.2) is 0 Å². The minimum Gasteiger partial charge on any atom is -0.469 e. The SMILES string of the molecule is COC(=O)C1CCNCC1c1ccccc1Cl. The van der Waals surface area contributed by atoms with Crippen molar-refractivity contribution < 1.29 is 9.53 Å². The molecular formula is C13H16ClNO2. The summed E-state index contributed by atoms with van der Waals surface area (Å²) < 4.78 is 4.87. The van der Waals surface area contributed by atoms with Gasteiger partial charge < -0.3 is 10.1 Å². The number of ether oxygens (including phenoxy) is 1. The third-order valence-corrected chi connectivity index (χ3v) is 3.63. The summed E-state index contributed by atoms with van der Waals surface area (Å²) in [5.74, 6) is -0.137. The summed E-state index contributed by atoms with van der Waals surface area (Å²) in [6, 6.07) is 7.69. The third kappa shape index (κ3) is 2.61. The van der Waals surface area contributed by atoms with Gasteiger partial charge in [0.2, 0.25) is 0 Å². The Morgan fingerprint density at radius 2 is 2.24 bits per heavy atom. The summed E-state index contributed by atoms with van der Waals surface area (Å²) in [4.78, 5) is 11.8. The smallest absolute Gasteiger partial charge is 0.309 e. The molecule has 92 valence electrons. The van der Waals surface area contributed by atoms with Crippen molar-refractivity contribution in [3.63, 3.8) is 0 Å². The quantitative estimate of drug-likeness (QED) is 0.822. The van der Waals surface area contributed by atoms with Crippen LogP contribution in [0.25, 0.3) is 0 Å². The van der Waals surface area contributed by atoms with E-state index in [-0.39, 0.29) is 17.8 Å². The molecule has 1 aliphatic heterocycles. The van der Waals surface area contributed by atoms with Crippen LogP contribution in [0.1, 0.15) is 17.9 Å². The Morgan fingerprint density at radius 1 is 1.47 bits per heavy atom. The van der Waals surface area contributed by atoms with Crippen LogP contribution in [0, 0.1) is 5.92 Å². The van der Waals surface area contributed by atoms with Gasteiger partial charge in [-0.05, 0) is 24.6 Å². The molecule has 0 aliphatic carbocycles. The van der Waals surface area contributed by atoms with E-state index in [1.165, 1.54) is 7.11 Å². The normalized spacial score (nSPS) is 24.4. The zero-order valence-corrected chi connectivity index (χ0v) is 10.5. The fourth-order valence-electron chi connectivity index (χ4n) is 2.39. The number of nitrogens with one attached hydrogen (secondary N) is 1. The van der Waals surface area contributed by atoms with Gasteiger partial charge in [-0.3, -0.25) is 4.79 Å². The molecule has 1 aromatic carbocycles. The summed E-state index contributed by atoms with van der Waals surface area (Å²) in [5.41, 5.74) is 1.02. The maximum absolute atomic E-state index is 11.8. The molecule has 2 rings (SSSR count). The van der Waals surface area contributed by atoms with E-state index in [9.17, 15) is 4.79 Å². The molecule has 1 N–H and O–H groups in total. The molecule has 0 amide bonds. The average Bonchev–Trinajstić information content (AvgIpc) is 2.38. The zero-order valence-electron chi connectivity index (χ0n) is 9.78. The molecule has 0 bridgehead atoms. The van der Waals surface area contributed by atoms with Crippen molar-refractivity contribution >= 4 is 17.6 Å². The maximum Gasteiger partial charge on any atom is 0.309 e. The second kappa shape index (κ2) is 5.52. The lowest BCUT2D eigenvalue weighted by Crippen LogP contribution is -2.39. The number of carbonyl (C=O) groups is 1. The molecule has 1 fully saturated rings. The molecule has 0 radical (unpaired) electrons. The highest BCUT2D eigenvalue weighted by Crippen LogP contribution is 2.34. The first kappa shape index (κ1) is 12.4. The highest BCUT2D eigenvalue weighted by molar-refractivity contribution is 6.31. The highest BCUT2D eigenvalue weighted by atomic mass is 35.5. The zero-order chi connectivity index (χ0) is 12.3. The Kier molecular flexibility index (Phi) is 4.02. The van der Waals surface area contributed by atoms with Crippen LogP contribution in [-0.4, -0.2) is 26.2 Å². The predicted molar refractivity (Wildman–Crippen MR) is 67.2 cm³/mol. The Bertz CT molecular complexity index is 408. The first-order valence-electron chi connectivity index (χ1n) is 5.77. The molecule has 1 saturated heterocycles. The van der Waals surface area contributed by atoms with E-state index in [1.807, 2.05) is 24.3 Å². The molecule has 0 spiro atoms. The average molecular weight is 254 g/mol. The Labute approximate surface area is 106 Å². The predicted octanol–water partition coefficient (Wildman–Crippen LogP) is 2.21. The Hall–Kier alpha value is -1.06. The summed E-state index contributed by atoms with van der Waals surface area (Å²) in [6.45, 7) is 1.62. The summed E-state index contributed by atoms with van der Waals surface area (Å²) in [5, 5.41) is 4.02. The topological polar surface area (TPSA) is 38.3 Å². The standard InChI is InChI=1S/C13H16ClNO2/c1-17-13(16)10-6-7-15-8-11(10)9-4-2-3-5-12(9)14/h2-5,10-11,15H,6-8H2,1H3. The first-order chi connectivity index (χ1) is 8.24. The van der Waals surface area contributed by atoms with E-state index in [0.29, 0.717) is 0 Å². The van der Waals surface area contributed by atoms with Crippen LogP contribution in [0.2, 0.25) is 5.02 Å². The maximum atomic E-state index is 11.8. The van der Waals surface area contributed by atoms with Gasteiger partial charge in [0, 0.05) is 17.5 Å². The van der Waals surface area contributed by atoms with Crippen molar-refractivity contribution in [1.29, 1.82) is 0 Å². The van der Waals surface area contributed by atoms with Gasteiger partial charge in [-0.15, -0.1) is 0 Å². The van der Waals surface area contributed by atoms with Crippen molar-refractivity contribution in [3.05, 3.63) is 34.9 Å². The van der Waals surface area contributed by atoms with Crippen LogP contribution in [-0.2, 0) is 9.53 Å². The number of halogens is 1. The van der Waals surface area contributed by atoms with Crippen molar-refractivity contribution in [2.75, 3.05) is 20.2 Å². The minimum absolute atomic E-state index is 0.0962. The van der Waals surface area contributed by atoms with Crippen molar-refractivity contribution in [3.8, 4) is 0 Å². The van der Waals surface area contributed by atoms with Gasteiger partial charge >= 0.3 is 5.97 Å². The lowest BCUT2D eigenvalue weighted by molar-refractivity contribution is -0.147. The number of esters is 1. The fourth-order valence-corrected chi connectivity index (χ4v) is 2.67. The Balaban J connectivity index is 2.28. The number of rotatable bonds is 2. The first-order valence-corrected chi connectivity index (χ1v) is 6.15. The molecule has 1 aromatic rings. The van der Waals surface area contributed by atoms with E-state index in [0.717, 1.165) is 30.1 Å². The number of hydrogen-bond donors (Lipinski definition) is 1. The van der Waals surface area contributed by atoms with E-state index in [4.69, 9.17) is 16.3 Å². The number of benzene rings is 1. The summed E-state index contributed by atoms with van der Waals surface area (Å²) >= 11 is 6.19. The molecule has 3 nitrogen and oxygen atoms in total. The van der Waals surface area contributed by atoms with E-state index < -0.39 is 0 Å². The van der Waals surface area contributed by atoms with Crippen LogP contribution in [0.3, 0.4) is 0 Å². The van der Waals surface area contributed by atoms with Crippen LogP contribution in [0.4, 0.5) is 0 Å². The van der Waals surface area contributed by atoms with E-state index >= 15 is 0 Å². The van der Waals surface area contributed by atoms with Crippen molar-refractivity contribution in [2.45, 2.75) is 12.3 Å². The second-order valence-corrected chi connectivity index (χ2v) is 4.66. The number of carbonyl (C=O) groups excluding carboxylic acids is 1. The second-order valence-electron chi connectivity index (χ2n) is 4.25. The lowest BCUT2D eigenvalue weighted by Gasteiger charge is -2.31. The monoisotopic (exact) mass is 253 g/mol. The summed E-state index contributed by atoms with van der Waals surface area (Å²) in [6.07, 6.45) is 0.794. The molecule has 1 aliphatic rings. The van der Waals surface area contributed by atoms with Gasteiger partial charge in [-0.1, -0.05) is 29.8 Å². The van der Waals surface area contributed by atoms with Gasteiger partial charge in [0.1, 0.15) is 0 Å². The van der Waals surface area contributed by atoms with Crippen molar-refractivity contribution in [1.82, 2.24) is 5.32 Å². The lowest BCUT2D eigenvalue weighted by atomic mass is 9.81. The van der Waals surface area contributed by atoms with Gasteiger partial charge in [-0.2, -0.15) is 0 Å². The minimum atomic E-state index is -0.142. The van der Waals surface area contributed by atoms with Gasteiger partial charge in [0.25, 0.3) is 0 Å². The van der Waals surface area contributed by atoms with Crippen LogP contribution < -0.4 is 5.32 Å². The summed E-state index contributed by atoms with van der Waals surface area (Å²) in [7, 11) is 1.44. The number of piperidine rings is 1. The Morgan fingerprint density at radius 3 is 2.94 bits per heavy atom. The molecule has 2 unspecified atom stereocenters. The van der Waals surface area contributed by atoms with Crippen LogP contribution in [0.5, 0.6) is 0 Å². The van der Waals surface area contributed by atoms with E-state index in [1.54, 1.807) is 0 Å². The van der Waals surface area contributed by atoms with Gasteiger partial charge in [0.15, 0.2) is 0 Å². The number of methoxy groups -OCH3 is 1. The number of hydrogen-bond acceptors (Lipinski definition) is 3. The largest absolute Gasteiger partial charge is 0.469 e. The molecule has 17 heavy (non-hydrogen) atoms. The molecule has 2 atom stereocenters. The molecule has 0 aromatic heterocycles. The van der Waals surface area contributed by atoms with Crippen LogP contribution in [0.15, 0.2) is 24.3 Å². The molecule has 1 heterocycles. The molecule has 4 heteroatoms. The van der Waals surface area contributed by atoms with Crippen LogP contribution >= 0.6 is 11.6 Å². The highest BCUT2D eigenvalue weighted by Gasteiger charge is 2.33.